The van der Waals surface area contributed by atoms with Crippen molar-refractivity contribution in [1.29, 1.82) is 0 Å². The molecule has 7 heteroatoms. The van der Waals surface area contributed by atoms with Gasteiger partial charge in [0, 0.05) is 22.5 Å². The molecule has 0 aliphatic rings. The van der Waals surface area contributed by atoms with E-state index in [-0.39, 0.29) is 5.91 Å². The number of anilines is 3. The van der Waals surface area contributed by atoms with Crippen LogP contribution in [-0.2, 0) is 0 Å². The molecule has 0 saturated carbocycles. The number of aryl methyl sites for hydroxylation is 5. The summed E-state index contributed by atoms with van der Waals surface area (Å²) in [7, 11) is 0. The minimum absolute atomic E-state index is 0.231. The molecule has 0 bridgehead atoms. The fourth-order valence-electron chi connectivity index (χ4n) is 2.87. The molecule has 1 aromatic carbocycles. The van der Waals surface area contributed by atoms with E-state index in [1.54, 1.807) is 5.38 Å². The number of benzene rings is 1. The van der Waals surface area contributed by atoms with Crippen molar-refractivity contribution in [3.8, 4) is 0 Å². The first kappa shape index (κ1) is 18.0. The van der Waals surface area contributed by atoms with E-state index in [4.69, 9.17) is 0 Å². The quantitative estimate of drug-likeness (QED) is 0.711. The van der Waals surface area contributed by atoms with Gasteiger partial charge in [-0.3, -0.25) is 4.79 Å². The Bertz CT molecular complexity index is 937. The van der Waals surface area contributed by atoms with Crippen molar-refractivity contribution in [3.63, 3.8) is 0 Å². The highest BCUT2D eigenvalue weighted by Crippen LogP contribution is 2.24. The molecule has 3 rings (SSSR count). The van der Waals surface area contributed by atoms with Crippen LogP contribution in [0.15, 0.2) is 23.6 Å². The lowest BCUT2D eigenvalue weighted by atomic mass is 10.1. The van der Waals surface area contributed by atoms with E-state index < -0.39 is 0 Å². The van der Waals surface area contributed by atoms with E-state index in [2.05, 4.69) is 25.6 Å². The maximum Gasteiger partial charge on any atom is 0.275 e. The van der Waals surface area contributed by atoms with Crippen LogP contribution in [0.3, 0.4) is 0 Å². The number of aromatic nitrogens is 3. The molecule has 0 radical (unpaired) electrons. The zero-order valence-electron chi connectivity index (χ0n) is 15.5. The van der Waals surface area contributed by atoms with Crippen LogP contribution >= 0.6 is 11.3 Å². The molecule has 0 aliphatic carbocycles. The lowest BCUT2D eigenvalue weighted by Gasteiger charge is -2.11. The van der Waals surface area contributed by atoms with Crippen LogP contribution < -0.4 is 10.6 Å². The summed E-state index contributed by atoms with van der Waals surface area (Å²) in [5.41, 5.74) is 6.19. The number of rotatable bonds is 4. The minimum atomic E-state index is -0.231. The molecule has 2 aromatic heterocycles. The molecule has 0 aliphatic heterocycles. The Morgan fingerprint density at radius 1 is 0.923 bits per heavy atom. The van der Waals surface area contributed by atoms with Gasteiger partial charge in [-0.15, -0.1) is 11.3 Å². The van der Waals surface area contributed by atoms with E-state index in [1.165, 1.54) is 16.9 Å². The number of nitrogens with zero attached hydrogens (tertiary/aromatic N) is 3. The zero-order chi connectivity index (χ0) is 18.8. The van der Waals surface area contributed by atoms with Crippen LogP contribution in [0.5, 0.6) is 0 Å². The summed E-state index contributed by atoms with van der Waals surface area (Å²) in [6.45, 7) is 9.83. The lowest BCUT2D eigenvalue weighted by Crippen LogP contribution is -2.14. The van der Waals surface area contributed by atoms with Crippen LogP contribution in [0, 0.1) is 34.6 Å². The highest BCUT2D eigenvalue weighted by Gasteiger charge is 2.14. The van der Waals surface area contributed by atoms with Crippen LogP contribution in [0.2, 0.25) is 0 Å². The third-order valence-corrected chi connectivity index (χ3v) is 4.61. The number of thiazole rings is 1. The number of amides is 1. The van der Waals surface area contributed by atoms with Crippen molar-refractivity contribution in [3.05, 3.63) is 57.4 Å². The smallest absolute Gasteiger partial charge is 0.275 e. The number of carbonyl (C=O) groups excluding carboxylic acids is 1. The van der Waals surface area contributed by atoms with Gasteiger partial charge < -0.3 is 10.6 Å². The summed E-state index contributed by atoms with van der Waals surface area (Å²) in [6.07, 6.45) is 0. The van der Waals surface area contributed by atoms with Gasteiger partial charge in [0.05, 0.1) is 0 Å². The van der Waals surface area contributed by atoms with E-state index in [0.29, 0.717) is 16.8 Å². The first-order valence-corrected chi connectivity index (χ1v) is 9.14. The highest BCUT2D eigenvalue weighted by atomic mass is 32.1. The summed E-state index contributed by atoms with van der Waals surface area (Å²) in [5.74, 6) is 0.250. The molecule has 0 fully saturated rings. The Balaban J connectivity index is 1.76. The Labute approximate surface area is 156 Å². The van der Waals surface area contributed by atoms with E-state index in [9.17, 15) is 4.79 Å². The van der Waals surface area contributed by atoms with Crippen LogP contribution in [-0.4, -0.2) is 20.9 Å². The molecule has 6 nitrogen and oxygen atoms in total. The zero-order valence-corrected chi connectivity index (χ0v) is 16.3. The summed E-state index contributed by atoms with van der Waals surface area (Å²) < 4.78 is 0. The molecule has 2 N–H and O–H groups in total. The molecular formula is C19H21N5OS. The predicted octanol–water partition coefficient (Wildman–Crippen LogP) is 4.47. The maximum atomic E-state index is 12.6. The Morgan fingerprint density at radius 3 is 2.15 bits per heavy atom. The molecule has 134 valence electrons. The lowest BCUT2D eigenvalue weighted by molar-refractivity contribution is 0.102. The molecule has 0 atom stereocenters. The van der Waals surface area contributed by atoms with Gasteiger partial charge in [-0.25, -0.2) is 15.0 Å². The van der Waals surface area contributed by atoms with Crippen LogP contribution in [0.4, 0.5) is 16.8 Å². The number of hydrogen-bond acceptors (Lipinski definition) is 6. The second-order valence-corrected chi connectivity index (χ2v) is 7.22. The molecule has 3 aromatic rings. The van der Waals surface area contributed by atoms with E-state index in [0.717, 1.165) is 28.2 Å². The van der Waals surface area contributed by atoms with Crippen molar-refractivity contribution in [1.82, 2.24) is 15.0 Å². The Hall–Kier alpha value is -2.80. The summed E-state index contributed by atoms with van der Waals surface area (Å²) in [5, 5.41) is 8.33. The fraction of sp³-hybridized carbons (Fsp3) is 0.263. The van der Waals surface area contributed by atoms with Gasteiger partial charge in [0.1, 0.15) is 5.69 Å². The van der Waals surface area contributed by atoms with Gasteiger partial charge in [-0.05, 0) is 51.8 Å². The first-order chi connectivity index (χ1) is 12.3. The second-order valence-electron chi connectivity index (χ2n) is 6.37. The fourth-order valence-corrected chi connectivity index (χ4v) is 3.55. The average Bonchev–Trinajstić information content (AvgIpc) is 2.98. The van der Waals surface area contributed by atoms with Crippen LogP contribution in [0.25, 0.3) is 0 Å². The number of hydrogen-bond donors (Lipinski definition) is 2. The van der Waals surface area contributed by atoms with Crippen molar-refractivity contribution >= 4 is 34.0 Å². The van der Waals surface area contributed by atoms with Gasteiger partial charge >= 0.3 is 0 Å². The molecule has 1 amide bonds. The molecule has 0 unspecified atom stereocenters. The summed E-state index contributed by atoms with van der Waals surface area (Å²) >= 11 is 1.34. The molecule has 2 heterocycles. The topological polar surface area (TPSA) is 79.8 Å². The Kier molecular flexibility index (Phi) is 4.99. The molecule has 0 saturated heterocycles. The third kappa shape index (κ3) is 4.05. The third-order valence-electron chi connectivity index (χ3n) is 3.85. The monoisotopic (exact) mass is 367 g/mol. The second kappa shape index (κ2) is 7.21. The van der Waals surface area contributed by atoms with Crippen LogP contribution in [0.1, 0.15) is 38.6 Å². The van der Waals surface area contributed by atoms with E-state index in [1.807, 2.05) is 52.8 Å². The standard InChI is InChI=1S/C19H21N5OS/c1-10-6-11(2)16(12(3)7-10)23-17(25)15-9-26-19(22-15)24-18-20-13(4)8-14(5)21-18/h6-9H,1-5H3,(H,23,25)(H,20,21,22,24). The largest absolute Gasteiger partial charge is 0.320 e. The van der Waals surface area contributed by atoms with Gasteiger partial charge in [-0.1, -0.05) is 17.7 Å². The number of nitrogens with one attached hydrogen (secondary N) is 2. The van der Waals surface area contributed by atoms with Gasteiger partial charge in [0.2, 0.25) is 5.95 Å². The van der Waals surface area contributed by atoms with Crippen molar-refractivity contribution < 1.29 is 4.79 Å². The summed E-state index contributed by atoms with van der Waals surface area (Å²) in [4.78, 5) is 25.6. The van der Waals surface area contributed by atoms with Crippen molar-refractivity contribution in [2.75, 3.05) is 10.6 Å². The molecule has 0 spiro atoms. The SMILES string of the molecule is Cc1cc(C)c(NC(=O)c2csc(Nc3nc(C)cc(C)n3)n2)c(C)c1. The normalized spacial score (nSPS) is 10.7. The number of carbonyl (C=O) groups is 1. The maximum absolute atomic E-state index is 12.6. The van der Waals surface area contributed by atoms with Gasteiger partial charge in [0.25, 0.3) is 5.91 Å². The van der Waals surface area contributed by atoms with Gasteiger partial charge in [-0.2, -0.15) is 0 Å². The predicted molar refractivity (Wildman–Crippen MR) is 106 cm³/mol. The Morgan fingerprint density at radius 2 is 1.54 bits per heavy atom. The van der Waals surface area contributed by atoms with Gasteiger partial charge in [0.15, 0.2) is 5.13 Å². The van der Waals surface area contributed by atoms with E-state index >= 15 is 0 Å². The minimum Gasteiger partial charge on any atom is -0.320 e. The first-order valence-electron chi connectivity index (χ1n) is 8.26. The molecular weight excluding hydrogens is 346 g/mol. The average molecular weight is 367 g/mol. The molecule has 26 heavy (non-hydrogen) atoms. The highest BCUT2D eigenvalue weighted by molar-refractivity contribution is 7.14. The van der Waals surface area contributed by atoms with Crippen molar-refractivity contribution in [2.45, 2.75) is 34.6 Å². The van der Waals surface area contributed by atoms with Crippen molar-refractivity contribution in [2.24, 2.45) is 0 Å². The summed E-state index contributed by atoms with van der Waals surface area (Å²) in [6, 6.07) is 6.00.